The number of hydrogen-bond donors (Lipinski definition) is 1. The molecule has 2 rings (SSSR count). The molecule has 0 aliphatic heterocycles. The van der Waals surface area contributed by atoms with E-state index in [1.54, 1.807) is 25.3 Å². The molecule has 0 spiro atoms. The van der Waals surface area contributed by atoms with Gasteiger partial charge in [0.1, 0.15) is 5.75 Å². The lowest BCUT2D eigenvalue weighted by Crippen LogP contribution is -2.56. The van der Waals surface area contributed by atoms with Gasteiger partial charge in [0.05, 0.1) is 12.6 Å². The van der Waals surface area contributed by atoms with Crippen molar-refractivity contribution in [2.75, 3.05) is 7.11 Å². The highest BCUT2D eigenvalue weighted by Gasteiger charge is 2.31. The van der Waals surface area contributed by atoms with E-state index in [9.17, 15) is 9.59 Å². The quantitative estimate of drug-likeness (QED) is 0.780. The van der Waals surface area contributed by atoms with Gasteiger partial charge in [-0.3, -0.25) is 15.0 Å². The first kappa shape index (κ1) is 21.5. The van der Waals surface area contributed by atoms with Gasteiger partial charge in [0.15, 0.2) is 0 Å². The van der Waals surface area contributed by atoms with E-state index in [-0.39, 0.29) is 11.8 Å². The molecule has 0 saturated carbocycles. The molecule has 0 bridgehead atoms. The van der Waals surface area contributed by atoms with Gasteiger partial charge in [-0.25, -0.2) is 5.01 Å². The van der Waals surface area contributed by atoms with Gasteiger partial charge < -0.3 is 4.74 Å². The van der Waals surface area contributed by atoms with E-state index in [0.717, 1.165) is 17.5 Å². The molecular formula is C23H30N2O3. The second-order valence-electron chi connectivity index (χ2n) is 7.60. The summed E-state index contributed by atoms with van der Waals surface area (Å²) in [6.07, 6.45) is 1.39. The third-order valence-electron chi connectivity index (χ3n) is 4.67. The Balaban J connectivity index is 2.41. The molecule has 5 nitrogen and oxygen atoms in total. The van der Waals surface area contributed by atoms with Gasteiger partial charge in [0, 0.05) is 16.7 Å². The molecule has 0 radical (unpaired) electrons. The molecule has 28 heavy (non-hydrogen) atoms. The third kappa shape index (κ3) is 4.53. The SMILES string of the molecule is CCc1ccccc1C(=O)N(NC(=O)c1cccc(OC)c1CC)C(C)(C)C. The number of amides is 2. The number of methoxy groups -OCH3 is 1. The number of ether oxygens (including phenoxy) is 1. The zero-order chi connectivity index (χ0) is 20.9. The number of hydrogen-bond acceptors (Lipinski definition) is 3. The first-order valence-corrected chi connectivity index (χ1v) is 9.63. The maximum Gasteiger partial charge on any atom is 0.273 e. The Morgan fingerprint density at radius 1 is 0.964 bits per heavy atom. The van der Waals surface area contributed by atoms with E-state index in [1.165, 1.54) is 5.01 Å². The van der Waals surface area contributed by atoms with E-state index >= 15 is 0 Å². The van der Waals surface area contributed by atoms with Crippen molar-refractivity contribution in [3.8, 4) is 5.75 Å². The Kier molecular flexibility index (Phi) is 6.84. The number of hydrazine groups is 1. The Labute approximate surface area is 167 Å². The molecule has 0 aliphatic carbocycles. The molecule has 0 saturated heterocycles. The summed E-state index contributed by atoms with van der Waals surface area (Å²) in [4.78, 5) is 26.4. The molecule has 0 aromatic heterocycles. The summed E-state index contributed by atoms with van der Waals surface area (Å²) < 4.78 is 5.39. The molecule has 5 heteroatoms. The minimum Gasteiger partial charge on any atom is -0.496 e. The lowest BCUT2D eigenvalue weighted by molar-refractivity contribution is 0.0357. The first-order chi connectivity index (χ1) is 13.2. The number of nitrogens with zero attached hydrogens (tertiary/aromatic N) is 1. The van der Waals surface area contributed by atoms with E-state index < -0.39 is 5.54 Å². The monoisotopic (exact) mass is 382 g/mol. The number of aryl methyl sites for hydroxylation is 1. The van der Waals surface area contributed by atoms with E-state index in [0.29, 0.717) is 23.3 Å². The van der Waals surface area contributed by atoms with Crippen molar-refractivity contribution in [2.24, 2.45) is 0 Å². The fourth-order valence-corrected chi connectivity index (χ4v) is 3.18. The summed E-state index contributed by atoms with van der Waals surface area (Å²) in [6.45, 7) is 9.67. The standard InChI is InChI=1S/C23H30N2O3/c1-7-16-12-9-10-13-18(16)22(27)25(23(3,4)5)24-21(26)19-14-11-15-20(28-6)17(19)8-2/h9-15H,7-8H2,1-6H3,(H,24,26). The average Bonchev–Trinajstić information content (AvgIpc) is 2.69. The minimum atomic E-state index is -0.598. The molecule has 2 amide bonds. The van der Waals surface area contributed by atoms with Gasteiger partial charge >= 0.3 is 0 Å². The zero-order valence-corrected chi connectivity index (χ0v) is 17.6. The van der Waals surface area contributed by atoms with Gasteiger partial charge in [-0.1, -0.05) is 38.1 Å². The Bertz CT molecular complexity index is 853. The van der Waals surface area contributed by atoms with Crippen molar-refractivity contribution in [1.82, 2.24) is 10.4 Å². The van der Waals surface area contributed by atoms with Crippen LogP contribution in [0.4, 0.5) is 0 Å². The van der Waals surface area contributed by atoms with Crippen LogP contribution in [0.2, 0.25) is 0 Å². The van der Waals surface area contributed by atoms with Crippen LogP contribution in [0, 0.1) is 0 Å². The molecule has 0 aliphatic rings. The van der Waals surface area contributed by atoms with Crippen molar-refractivity contribution in [1.29, 1.82) is 0 Å². The van der Waals surface area contributed by atoms with Crippen LogP contribution in [-0.4, -0.2) is 29.5 Å². The number of carbonyl (C=O) groups is 2. The smallest absolute Gasteiger partial charge is 0.273 e. The predicted octanol–water partition coefficient (Wildman–Crippen LogP) is 4.41. The fraction of sp³-hybridized carbons (Fsp3) is 0.391. The molecule has 0 atom stereocenters. The summed E-state index contributed by atoms with van der Waals surface area (Å²) in [6, 6.07) is 12.9. The molecule has 0 unspecified atom stereocenters. The second-order valence-corrected chi connectivity index (χ2v) is 7.60. The van der Waals surface area contributed by atoms with E-state index in [2.05, 4.69) is 5.43 Å². The van der Waals surface area contributed by atoms with Gasteiger partial charge in [0.25, 0.3) is 11.8 Å². The molecule has 2 aromatic rings. The van der Waals surface area contributed by atoms with E-state index in [1.807, 2.05) is 58.9 Å². The highest BCUT2D eigenvalue weighted by atomic mass is 16.5. The number of benzene rings is 2. The molecule has 0 fully saturated rings. The summed E-state index contributed by atoms with van der Waals surface area (Å²) in [5.41, 5.74) is 5.11. The Hall–Kier alpha value is -2.82. The predicted molar refractivity (Wildman–Crippen MR) is 112 cm³/mol. The molecule has 0 heterocycles. The maximum absolute atomic E-state index is 13.3. The van der Waals surface area contributed by atoms with Crippen molar-refractivity contribution in [3.63, 3.8) is 0 Å². The maximum atomic E-state index is 13.3. The van der Waals surface area contributed by atoms with Crippen molar-refractivity contribution in [2.45, 2.75) is 53.0 Å². The van der Waals surface area contributed by atoms with Crippen LogP contribution in [0.5, 0.6) is 5.75 Å². The number of carbonyl (C=O) groups excluding carboxylic acids is 2. The number of rotatable bonds is 5. The van der Waals surface area contributed by atoms with Gasteiger partial charge in [0.2, 0.25) is 0 Å². The summed E-state index contributed by atoms with van der Waals surface area (Å²) >= 11 is 0. The molecule has 150 valence electrons. The molecule has 1 N–H and O–H groups in total. The van der Waals surface area contributed by atoms with Gasteiger partial charge in [-0.15, -0.1) is 0 Å². The summed E-state index contributed by atoms with van der Waals surface area (Å²) in [5, 5.41) is 1.42. The first-order valence-electron chi connectivity index (χ1n) is 9.63. The fourth-order valence-electron chi connectivity index (χ4n) is 3.18. The minimum absolute atomic E-state index is 0.223. The third-order valence-corrected chi connectivity index (χ3v) is 4.67. The van der Waals surface area contributed by atoms with Crippen LogP contribution in [0.1, 0.15) is 66.5 Å². The van der Waals surface area contributed by atoms with Crippen LogP contribution in [0.15, 0.2) is 42.5 Å². The van der Waals surface area contributed by atoms with Gasteiger partial charge in [-0.05, 0) is 57.4 Å². The lowest BCUT2D eigenvalue weighted by atomic mass is 10.0. The van der Waals surface area contributed by atoms with Crippen LogP contribution in [-0.2, 0) is 12.8 Å². The topological polar surface area (TPSA) is 58.6 Å². The summed E-state index contributed by atoms with van der Waals surface area (Å²) in [7, 11) is 1.59. The molecular weight excluding hydrogens is 352 g/mol. The Morgan fingerprint density at radius 3 is 2.18 bits per heavy atom. The van der Waals surface area contributed by atoms with Crippen LogP contribution < -0.4 is 10.2 Å². The summed E-state index contributed by atoms with van der Waals surface area (Å²) in [5.74, 6) is 0.118. The molecule has 2 aromatic carbocycles. The largest absolute Gasteiger partial charge is 0.496 e. The van der Waals surface area contributed by atoms with Gasteiger partial charge in [-0.2, -0.15) is 0 Å². The Morgan fingerprint density at radius 2 is 1.61 bits per heavy atom. The highest BCUT2D eigenvalue weighted by Crippen LogP contribution is 2.24. The van der Waals surface area contributed by atoms with Crippen molar-refractivity contribution >= 4 is 11.8 Å². The van der Waals surface area contributed by atoms with Crippen molar-refractivity contribution < 1.29 is 14.3 Å². The lowest BCUT2D eigenvalue weighted by Gasteiger charge is -2.36. The average molecular weight is 383 g/mol. The highest BCUT2D eigenvalue weighted by molar-refractivity contribution is 6.01. The van der Waals surface area contributed by atoms with Crippen molar-refractivity contribution in [3.05, 3.63) is 64.7 Å². The van der Waals surface area contributed by atoms with Crippen LogP contribution >= 0.6 is 0 Å². The van der Waals surface area contributed by atoms with E-state index in [4.69, 9.17) is 4.74 Å². The normalized spacial score (nSPS) is 11.1. The second kappa shape index (κ2) is 8.91. The van der Waals surface area contributed by atoms with Crippen LogP contribution in [0.25, 0.3) is 0 Å². The zero-order valence-electron chi connectivity index (χ0n) is 17.6. The number of nitrogens with one attached hydrogen (secondary N) is 1. The van der Waals surface area contributed by atoms with Crippen LogP contribution in [0.3, 0.4) is 0 Å².